The lowest BCUT2D eigenvalue weighted by atomic mass is 9.70. The van der Waals surface area contributed by atoms with Crippen molar-refractivity contribution >= 4 is 17.2 Å². The van der Waals surface area contributed by atoms with E-state index in [4.69, 9.17) is 9.72 Å². The molecule has 0 unspecified atom stereocenters. The lowest BCUT2D eigenvalue weighted by Gasteiger charge is -2.47. The van der Waals surface area contributed by atoms with E-state index in [0.717, 1.165) is 55.0 Å². The monoisotopic (exact) mass is 565 g/mol. The molecule has 2 N–H and O–H groups in total. The smallest absolute Gasteiger partial charge is 0.217 e. The summed E-state index contributed by atoms with van der Waals surface area (Å²) in [5.74, 6) is 0.370. The van der Waals surface area contributed by atoms with Gasteiger partial charge in [-0.2, -0.15) is 0 Å². The van der Waals surface area contributed by atoms with E-state index >= 15 is 0 Å². The number of aliphatic hydroxyl groups is 1. The summed E-state index contributed by atoms with van der Waals surface area (Å²) in [5, 5.41) is 16.9. The molecule has 3 atom stereocenters. The van der Waals surface area contributed by atoms with Gasteiger partial charge in [0.25, 0.3) is 0 Å². The summed E-state index contributed by atoms with van der Waals surface area (Å²) in [6, 6.07) is 6.53. The first-order chi connectivity index (χ1) is 19.0. The Morgan fingerprint density at radius 1 is 1.23 bits per heavy atom. The number of thiazole rings is 1. The van der Waals surface area contributed by atoms with Crippen LogP contribution in [0.1, 0.15) is 88.8 Å². The molecule has 1 aromatic carbocycles. The summed E-state index contributed by atoms with van der Waals surface area (Å²) in [5.41, 5.74) is 3.73. The number of nitrogens with zero attached hydrogens (tertiary/aromatic N) is 2. The third-order valence-corrected chi connectivity index (χ3v) is 8.88. The van der Waals surface area contributed by atoms with Gasteiger partial charge in [-0.1, -0.05) is 20.8 Å². The van der Waals surface area contributed by atoms with E-state index in [1.165, 1.54) is 36.0 Å². The molecule has 0 bridgehead atoms. The van der Waals surface area contributed by atoms with Crippen LogP contribution < -0.4 is 10.1 Å². The van der Waals surface area contributed by atoms with Gasteiger partial charge in [-0.25, -0.2) is 14.4 Å². The van der Waals surface area contributed by atoms with Crippen LogP contribution in [0.15, 0.2) is 42.0 Å². The highest BCUT2D eigenvalue weighted by Crippen LogP contribution is 2.50. The Morgan fingerprint density at radius 3 is 2.67 bits per heavy atom. The summed E-state index contributed by atoms with van der Waals surface area (Å²) in [6.45, 7) is 8.12. The Kier molecular flexibility index (Phi) is 8.30. The number of hydrogen-bond donors (Lipinski definition) is 2. The zero-order valence-electron chi connectivity index (χ0n) is 23.9. The summed E-state index contributed by atoms with van der Waals surface area (Å²) < 4.78 is 21.0. The van der Waals surface area contributed by atoms with Crippen LogP contribution in [0.2, 0.25) is 0 Å². The van der Waals surface area contributed by atoms with Crippen molar-refractivity contribution in [2.45, 2.75) is 103 Å². The number of halogens is 1. The Morgan fingerprint density at radius 2 is 2.02 bits per heavy atom. The third-order valence-electron chi connectivity index (χ3n) is 8.06. The second-order valence-corrected chi connectivity index (χ2v) is 13.8. The molecule has 40 heavy (non-hydrogen) atoms. The summed E-state index contributed by atoms with van der Waals surface area (Å²) >= 11 is 1.45. The first-order valence-electron chi connectivity index (χ1n) is 14.3. The number of nitrogens with one attached hydrogen (secondary N) is 1. The van der Waals surface area contributed by atoms with Crippen LogP contribution in [0, 0.1) is 11.2 Å². The van der Waals surface area contributed by atoms with Crippen molar-refractivity contribution in [1.29, 1.82) is 0 Å². The van der Waals surface area contributed by atoms with Gasteiger partial charge in [-0.15, -0.1) is 11.3 Å². The van der Waals surface area contributed by atoms with Crippen molar-refractivity contribution in [3.63, 3.8) is 0 Å². The standard InChI is InChI=1S/C32H40FN3O3S/c1-20(37)36-27(15-21-12-24(16-25(33)13-21)30-34-10-11-40-30)28(38)7-6-23-18-32(8-5-9-32)39-29-26(23)14-22(19-35-29)17-31(2,3)4/h10-14,16,19,23,27-28,38H,5-9,15,17-18H2,1-4H3,(H,36,37)/t23-,27-,28+/m0/s1. The molecule has 1 spiro atoms. The molecule has 0 saturated heterocycles. The van der Waals surface area contributed by atoms with Crippen molar-refractivity contribution in [3.05, 3.63) is 64.5 Å². The van der Waals surface area contributed by atoms with Crippen molar-refractivity contribution in [2.75, 3.05) is 0 Å². The molecule has 5 rings (SSSR count). The number of pyridine rings is 1. The molecule has 1 aliphatic carbocycles. The average Bonchev–Trinajstić information content (AvgIpc) is 3.39. The molecule has 1 fully saturated rings. The molecule has 1 aliphatic heterocycles. The van der Waals surface area contributed by atoms with Gasteiger partial charge in [-0.05, 0) is 98.1 Å². The fourth-order valence-corrected chi connectivity index (χ4v) is 6.80. The quantitative estimate of drug-likeness (QED) is 0.305. The fraction of sp³-hybridized carbons (Fsp3) is 0.531. The Bertz CT molecular complexity index is 1330. The average molecular weight is 566 g/mol. The molecule has 1 amide bonds. The number of aromatic nitrogens is 2. The molecule has 8 heteroatoms. The van der Waals surface area contributed by atoms with Crippen LogP contribution in [-0.2, 0) is 17.6 Å². The highest BCUT2D eigenvalue weighted by atomic mass is 32.1. The van der Waals surface area contributed by atoms with Gasteiger partial charge < -0.3 is 15.2 Å². The maximum Gasteiger partial charge on any atom is 0.217 e. The number of aliphatic hydroxyl groups excluding tert-OH is 1. The zero-order valence-corrected chi connectivity index (χ0v) is 24.7. The third kappa shape index (κ3) is 6.89. The van der Waals surface area contributed by atoms with Gasteiger partial charge >= 0.3 is 0 Å². The topological polar surface area (TPSA) is 84.3 Å². The molecule has 6 nitrogen and oxygen atoms in total. The van der Waals surface area contributed by atoms with Crippen molar-refractivity contribution in [1.82, 2.24) is 15.3 Å². The van der Waals surface area contributed by atoms with E-state index < -0.39 is 12.1 Å². The van der Waals surface area contributed by atoms with E-state index in [-0.39, 0.29) is 28.7 Å². The predicted molar refractivity (Wildman–Crippen MR) is 156 cm³/mol. The van der Waals surface area contributed by atoms with Crippen molar-refractivity contribution in [2.24, 2.45) is 5.41 Å². The number of carbonyl (C=O) groups is 1. The van der Waals surface area contributed by atoms with Gasteiger partial charge in [0.2, 0.25) is 11.8 Å². The van der Waals surface area contributed by atoms with E-state index in [1.54, 1.807) is 6.20 Å². The minimum atomic E-state index is -0.787. The van der Waals surface area contributed by atoms with Gasteiger partial charge in [0.05, 0.1) is 12.1 Å². The summed E-state index contributed by atoms with van der Waals surface area (Å²) in [4.78, 5) is 21.1. The summed E-state index contributed by atoms with van der Waals surface area (Å²) in [7, 11) is 0. The number of hydrogen-bond acceptors (Lipinski definition) is 6. The molecular formula is C32H40FN3O3S. The highest BCUT2D eigenvalue weighted by molar-refractivity contribution is 7.13. The highest BCUT2D eigenvalue weighted by Gasteiger charge is 2.46. The number of amides is 1. The molecular weight excluding hydrogens is 525 g/mol. The van der Waals surface area contributed by atoms with Crippen LogP contribution in [0.3, 0.4) is 0 Å². The normalized spacial score (nSPS) is 19.3. The molecule has 2 aromatic heterocycles. The number of ether oxygens (including phenoxy) is 1. The molecule has 3 heterocycles. The molecule has 1 saturated carbocycles. The van der Waals surface area contributed by atoms with E-state index in [0.29, 0.717) is 24.0 Å². The zero-order chi connectivity index (χ0) is 28.5. The van der Waals surface area contributed by atoms with Crippen LogP contribution >= 0.6 is 11.3 Å². The van der Waals surface area contributed by atoms with Crippen LogP contribution in [-0.4, -0.2) is 38.7 Å². The SMILES string of the molecule is CC(=O)N[C@@H](Cc1cc(F)cc(-c2nccs2)c1)[C@H](O)CC[C@H]1CC2(CCC2)Oc2ncc(CC(C)(C)C)cc21. The fourth-order valence-electron chi connectivity index (χ4n) is 6.17. The molecule has 2 aliphatic rings. The maximum absolute atomic E-state index is 14.5. The van der Waals surface area contributed by atoms with Gasteiger partial charge in [-0.3, -0.25) is 4.79 Å². The van der Waals surface area contributed by atoms with Gasteiger partial charge in [0, 0.05) is 35.8 Å². The number of benzene rings is 1. The van der Waals surface area contributed by atoms with Gasteiger partial charge in [0.15, 0.2) is 0 Å². The molecule has 3 aromatic rings. The van der Waals surface area contributed by atoms with E-state index in [9.17, 15) is 14.3 Å². The Labute approximate surface area is 240 Å². The predicted octanol–water partition coefficient (Wildman–Crippen LogP) is 6.61. The van der Waals surface area contributed by atoms with Crippen LogP contribution in [0.25, 0.3) is 10.6 Å². The van der Waals surface area contributed by atoms with Gasteiger partial charge in [0.1, 0.15) is 16.4 Å². The second kappa shape index (κ2) is 11.6. The van der Waals surface area contributed by atoms with Crippen molar-refractivity contribution in [3.8, 4) is 16.5 Å². The lowest BCUT2D eigenvalue weighted by molar-refractivity contribution is -0.120. The maximum atomic E-state index is 14.5. The first-order valence-corrected chi connectivity index (χ1v) is 15.2. The Balaban J connectivity index is 1.33. The second-order valence-electron chi connectivity index (χ2n) is 12.9. The van der Waals surface area contributed by atoms with E-state index in [2.05, 4.69) is 37.1 Å². The van der Waals surface area contributed by atoms with Crippen molar-refractivity contribution < 1.29 is 19.0 Å². The lowest BCUT2D eigenvalue weighted by Crippen LogP contribution is -2.47. The van der Waals surface area contributed by atoms with Crippen LogP contribution in [0.4, 0.5) is 4.39 Å². The minimum Gasteiger partial charge on any atom is -0.471 e. The number of rotatable bonds is 9. The van der Waals surface area contributed by atoms with E-state index in [1.807, 2.05) is 17.6 Å². The number of fused-ring (bicyclic) bond motifs is 1. The molecule has 0 radical (unpaired) electrons. The van der Waals surface area contributed by atoms with Crippen LogP contribution in [0.5, 0.6) is 5.88 Å². The first kappa shape index (κ1) is 28.7. The summed E-state index contributed by atoms with van der Waals surface area (Å²) in [6.07, 6.45) is 9.50. The largest absolute Gasteiger partial charge is 0.471 e. The number of carbonyl (C=O) groups excluding carboxylic acids is 1. The Hall–Kier alpha value is -2.84. The molecule has 214 valence electrons. The minimum absolute atomic E-state index is 0.147.